The molecule has 1 N–H and O–H groups in total. The Morgan fingerprint density at radius 1 is 1.55 bits per heavy atom. The molecule has 1 aliphatic rings. The highest BCUT2D eigenvalue weighted by Crippen LogP contribution is 2.33. The Hall–Kier alpha value is -1.55. The minimum absolute atomic E-state index is 0.00489. The molecule has 0 unspecified atom stereocenters. The van der Waals surface area contributed by atoms with Gasteiger partial charge in [-0.25, -0.2) is 0 Å². The molecule has 106 valence electrons. The van der Waals surface area contributed by atoms with Gasteiger partial charge >= 0.3 is 0 Å². The molecule has 20 heavy (non-hydrogen) atoms. The highest BCUT2D eigenvalue weighted by atomic mass is 32.1. The standard InChI is InChI=1S/C16H20N2OS/c1-3-7-17-16(19)14-9-15-13(8-11(2)20-15)18(14)10-12-5-4-6-12/h3,8-9,12H,1,4-7,10H2,2H3,(H,17,19). The second kappa shape index (κ2) is 5.44. The summed E-state index contributed by atoms with van der Waals surface area (Å²) in [5, 5.41) is 2.89. The molecule has 0 radical (unpaired) electrons. The van der Waals surface area contributed by atoms with E-state index in [4.69, 9.17) is 0 Å². The van der Waals surface area contributed by atoms with Gasteiger partial charge in [0.05, 0.1) is 10.2 Å². The number of amides is 1. The molecule has 1 saturated carbocycles. The number of fused-ring (bicyclic) bond motifs is 1. The third-order valence-electron chi connectivity index (χ3n) is 4.02. The van der Waals surface area contributed by atoms with Crippen LogP contribution < -0.4 is 5.32 Å². The second-order valence-corrected chi connectivity index (χ2v) is 6.83. The van der Waals surface area contributed by atoms with Gasteiger partial charge in [-0.3, -0.25) is 4.79 Å². The fourth-order valence-corrected chi connectivity index (χ4v) is 3.70. The van der Waals surface area contributed by atoms with E-state index in [0.717, 1.165) is 18.2 Å². The molecule has 0 aliphatic heterocycles. The van der Waals surface area contributed by atoms with Gasteiger partial charge in [0, 0.05) is 18.0 Å². The van der Waals surface area contributed by atoms with Crippen LogP contribution in [0.15, 0.2) is 24.8 Å². The predicted octanol–water partition coefficient (Wildman–Crippen LogP) is 3.73. The molecule has 2 heterocycles. The number of rotatable bonds is 5. The monoisotopic (exact) mass is 288 g/mol. The summed E-state index contributed by atoms with van der Waals surface area (Å²) in [7, 11) is 0. The van der Waals surface area contributed by atoms with Crippen LogP contribution in [-0.4, -0.2) is 17.0 Å². The normalized spacial score (nSPS) is 15.2. The van der Waals surface area contributed by atoms with E-state index in [9.17, 15) is 4.79 Å². The van der Waals surface area contributed by atoms with Crippen LogP contribution in [0.1, 0.15) is 34.6 Å². The number of nitrogens with one attached hydrogen (secondary N) is 1. The van der Waals surface area contributed by atoms with Gasteiger partial charge in [0.15, 0.2) is 0 Å². The van der Waals surface area contributed by atoms with E-state index in [-0.39, 0.29) is 5.91 Å². The number of thiophene rings is 1. The third kappa shape index (κ3) is 2.40. The highest BCUT2D eigenvalue weighted by Gasteiger charge is 2.23. The summed E-state index contributed by atoms with van der Waals surface area (Å²) in [5.41, 5.74) is 2.00. The first kappa shape index (κ1) is 13.4. The molecule has 0 saturated heterocycles. The fraction of sp³-hybridized carbons (Fsp3) is 0.438. The number of carbonyl (C=O) groups excluding carboxylic acids is 1. The molecule has 3 nitrogen and oxygen atoms in total. The van der Waals surface area contributed by atoms with Crippen molar-refractivity contribution in [1.29, 1.82) is 0 Å². The largest absolute Gasteiger partial charge is 0.347 e. The van der Waals surface area contributed by atoms with Crippen molar-refractivity contribution in [2.75, 3.05) is 6.54 Å². The zero-order valence-corrected chi connectivity index (χ0v) is 12.6. The lowest BCUT2D eigenvalue weighted by atomic mass is 9.85. The summed E-state index contributed by atoms with van der Waals surface area (Å²) < 4.78 is 3.42. The first-order chi connectivity index (χ1) is 9.69. The summed E-state index contributed by atoms with van der Waals surface area (Å²) in [6, 6.07) is 4.23. The summed E-state index contributed by atoms with van der Waals surface area (Å²) in [5.74, 6) is 0.738. The van der Waals surface area contributed by atoms with Crippen LogP contribution in [0.4, 0.5) is 0 Å². The number of nitrogens with zero attached hydrogens (tertiary/aromatic N) is 1. The molecule has 0 spiro atoms. The van der Waals surface area contributed by atoms with Gasteiger partial charge in [-0.2, -0.15) is 0 Å². The predicted molar refractivity (Wildman–Crippen MR) is 84.4 cm³/mol. The van der Waals surface area contributed by atoms with E-state index in [0.29, 0.717) is 6.54 Å². The highest BCUT2D eigenvalue weighted by molar-refractivity contribution is 7.19. The quantitative estimate of drug-likeness (QED) is 0.836. The van der Waals surface area contributed by atoms with E-state index < -0.39 is 0 Å². The molecule has 0 bridgehead atoms. The van der Waals surface area contributed by atoms with Crippen molar-refractivity contribution in [2.24, 2.45) is 5.92 Å². The molecular weight excluding hydrogens is 268 g/mol. The zero-order chi connectivity index (χ0) is 14.1. The van der Waals surface area contributed by atoms with Gasteiger partial charge in [-0.1, -0.05) is 12.5 Å². The average molecular weight is 288 g/mol. The Bertz CT molecular complexity index is 649. The first-order valence-electron chi connectivity index (χ1n) is 7.18. The summed E-state index contributed by atoms with van der Waals surface area (Å²) in [4.78, 5) is 13.6. The lowest BCUT2D eigenvalue weighted by Gasteiger charge is -2.26. The van der Waals surface area contributed by atoms with E-state index in [2.05, 4.69) is 29.5 Å². The van der Waals surface area contributed by atoms with Crippen molar-refractivity contribution in [3.8, 4) is 0 Å². The Morgan fingerprint density at radius 2 is 2.35 bits per heavy atom. The molecule has 0 aromatic carbocycles. The van der Waals surface area contributed by atoms with Crippen molar-refractivity contribution < 1.29 is 4.79 Å². The van der Waals surface area contributed by atoms with Crippen LogP contribution in [-0.2, 0) is 6.54 Å². The number of aromatic nitrogens is 1. The van der Waals surface area contributed by atoms with E-state index in [1.807, 2.05) is 6.07 Å². The number of hydrogen-bond donors (Lipinski definition) is 1. The molecule has 1 amide bonds. The Balaban J connectivity index is 1.95. The van der Waals surface area contributed by atoms with Crippen LogP contribution in [0.2, 0.25) is 0 Å². The smallest absolute Gasteiger partial charge is 0.268 e. The van der Waals surface area contributed by atoms with Crippen LogP contribution in [0, 0.1) is 12.8 Å². The van der Waals surface area contributed by atoms with Gasteiger partial charge in [0.2, 0.25) is 0 Å². The van der Waals surface area contributed by atoms with E-state index >= 15 is 0 Å². The maximum Gasteiger partial charge on any atom is 0.268 e. The van der Waals surface area contributed by atoms with Crippen LogP contribution in [0.5, 0.6) is 0 Å². The van der Waals surface area contributed by atoms with Gasteiger partial charge in [-0.15, -0.1) is 17.9 Å². The third-order valence-corrected chi connectivity index (χ3v) is 5.00. The van der Waals surface area contributed by atoms with Gasteiger partial charge in [0.1, 0.15) is 5.69 Å². The topological polar surface area (TPSA) is 34.0 Å². The van der Waals surface area contributed by atoms with Crippen molar-refractivity contribution in [1.82, 2.24) is 9.88 Å². The van der Waals surface area contributed by atoms with Crippen molar-refractivity contribution in [3.05, 3.63) is 35.4 Å². The molecule has 3 rings (SSSR count). The van der Waals surface area contributed by atoms with E-state index in [1.165, 1.54) is 34.4 Å². The molecule has 1 aliphatic carbocycles. The fourth-order valence-electron chi connectivity index (χ4n) is 2.74. The van der Waals surface area contributed by atoms with Crippen LogP contribution >= 0.6 is 11.3 Å². The van der Waals surface area contributed by atoms with Gasteiger partial charge < -0.3 is 9.88 Å². The number of aryl methyl sites for hydroxylation is 1. The maximum absolute atomic E-state index is 12.3. The molecular formula is C16H20N2OS. The average Bonchev–Trinajstić information content (AvgIpc) is 2.87. The maximum atomic E-state index is 12.3. The minimum atomic E-state index is 0.00489. The summed E-state index contributed by atoms with van der Waals surface area (Å²) >= 11 is 1.76. The summed E-state index contributed by atoms with van der Waals surface area (Å²) in [6.45, 7) is 7.25. The lowest BCUT2D eigenvalue weighted by molar-refractivity contribution is 0.0947. The Morgan fingerprint density at radius 3 is 3.00 bits per heavy atom. The molecule has 0 atom stereocenters. The van der Waals surface area contributed by atoms with Gasteiger partial charge in [0.25, 0.3) is 5.91 Å². The summed E-state index contributed by atoms with van der Waals surface area (Å²) in [6.07, 6.45) is 5.62. The van der Waals surface area contributed by atoms with Crippen LogP contribution in [0.3, 0.4) is 0 Å². The van der Waals surface area contributed by atoms with Crippen LogP contribution in [0.25, 0.3) is 10.2 Å². The van der Waals surface area contributed by atoms with Gasteiger partial charge in [-0.05, 0) is 37.8 Å². The lowest BCUT2D eigenvalue weighted by Crippen LogP contribution is -2.28. The van der Waals surface area contributed by atoms with Crippen molar-refractivity contribution >= 4 is 27.5 Å². The van der Waals surface area contributed by atoms with Crippen molar-refractivity contribution in [2.45, 2.75) is 32.7 Å². The molecule has 2 aromatic rings. The van der Waals surface area contributed by atoms with Crippen molar-refractivity contribution in [3.63, 3.8) is 0 Å². The molecule has 4 heteroatoms. The Kier molecular flexibility index (Phi) is 3.66. The Labute approximate surface area is 123 Å². The number of hydrogen-bond acceptors (Lipinski definition) is 2. The molecule has 2 aromatic heterocycles. The zero-order valence-electron chi connectivity index (χ0n) is 11.8. The SMILES string of the molecule is C=CCNC(=O)c1cc2sc(C)cc2n1CC1CCC1. The minimum Gasteiger partial charge on any atom is -0.347 e. The second-order valence-electron chi connectivity index (χ2n) is 5.54. The molecule has 1 fully saturated rings. The van der Waals surface area contributed by atoms with E-state index in [1.54, 1.807) is 17.4 Å². The number of carbonyl (C=O) groups is 1. The first-order valence-corrected chi connectivity index (χ1v) is 7.99.